The predicted octanol–water partition coefficient (Wildman–Crippen LogP) is 6.05. The summed E-state index contributed by atoms with van der Waals surface area (Å²) in [6.45, 7) is 7.48. The Bertz CT molecular complexity index is 1040. The molecule has 37 heavy (non-hydrogen) atoms. The van der Waals surface area contributed by atoms with Gasteiger partial charge in [-0.15, -0.1) is 0 Å². The van der Waals surface area contributed by atoms with Gasteiger partial charge in [0, 0.05) is 37.6 Å². The number of rotatable bonds is 10. The minimum absolute atomic E-state index is 0.125. The second-order valence-electron chi connectivity index (χ2n) is 7.98. The third-order valence-electron chi connectivity index (χ3n) is 5.42. The number of alkyl halides is 6. The summed E-state index contributed by atoms with van der Waals surface area (Å²) in [4.78, 5) is 3.97. The van der Waals surface area contributed by atoms with Gasteiger partial charge in [0.15, 0.2) is 10.2 Å². The lowest BCUT2D eigenvalue weighted by atomic mass is 10.2. The van der Waals surface area contributed by atoms with E-state index in [1.54, 1.807) is 4.90 Å². The molecule has 0 saturated carbocycles. The molecule has 0 radical (unpaired) electrons. The number of hydrogen-bond acceptors (Lipinski definition) is 3. The molecular formula is C24H29F6N5S2. The fraction of sp³-hybridized carbons (Fsp3) is 0.417. The van der Waals surface area contributed by atoms with Gasteiger partial charge in [-0.25, -0.2) is 0 Å². The molecule has 2 aromatic rings. The average molecular weight is 566 g/mol. The Kier molecular flexibility index (Phi) is 11.4. The lowest BCUT2D eigenvalue weighted by Gasteiger charge is -2.29. The van der Waals surface area contributed by atoms with E-state index in [4.69, 9.17) is 24.4 Å². The number of hydrogen-bond donors (Lipinski definition) is 3. The Labute approximate surface area is 223 Å². The summed E-state index contributed by atoms with van der Waals surface area (Å²) in [5.41, 5.74) is -1.19. The molecule has 0 aliphatic heterocycles. The van der Waals surface area contributed by atoms with E-state index in [9.17, 15) is 26.3 Å². The van der Waals surface area contributed by atoms with E-state index >= 15 is 0 Å². The van der Waals surface area contributed by atoms with E-state index in [2.05, 4.69) is 20.9 Å². The zero-order valence-electron chi connectivity index (χ0n) is 20.3. The molecule has 0 amide bonds. The first-order valence-corrected chi connectivity index (χ1v) is 12.3. The normalized spacial score (nSPS) is 11.8. The molecule has 0 aliphatic rings. The Morgan fingerprint density at radius 1 is 0.757 bits per heavy atom. The van der Waals surface area contributed by atoms with E-state index in [0.29, 0.717) is 19.6 Å². The van der Waals surface area contributed by atoms with Crippen molar-refractivity contribution in [1.29, 1.82) is 0 Å². The van der Waals surface area contributed by atoms with Crippen LogP contribution in [0.3, 0.4) is 0 Å². The van der Waals surface area contributed by atoms with Crippen LogP contribution >= 0.6 is 24.4 Å². The Hall–Kier alpha value is -2.64. The number of likely N-dealkylation sites (N-methyl/N-ethyl adjacent to an activating group) is 1. The van der Waals surface area contributed by atoms with Crippen molar-refractivity contribution in [3.63, 3.8) is 0 Å². The maximum atomic E-state index is 13.1. The van der Waals surface area contributed by atoms with Crippen molar-refractivity contribution in [3.05, 3.63) is 59.7 Å². The van der Waals surface area contributed by atoms with Crippen molar-refractivity contribution in [2.24, 2.45) is 0 Å². The van der Waals surface area contributed by atoms with Crippen LogP contribution in [0.25, 0.3) is 0 Å². The van der Waals surface area contributed by atoms with Crippen LogP contribution in [0, 0.1) is 0 Å². The van der Waals surface area contributed by atoms with Gasteiger partial charge in [-0.1, -0.05) is 26.0 Å². The molecule has 0 spiro atoms. The summed E-state index contributed by atoms with van der Waals surface area (Å²) in [6.07, 6.45) is -8.95. The molecule has 13 heteroatoms. The van der Waals surface area contributed by atoms with Gasteiger partial charge >= 0.3 is 12.4 Å². The minimum atomic E-state index is -4.48. The smallest absolute Gasteiger partial charge is 0.361 e. The van der Waals surface area contributed by atoms with Crippen molar-refractivity contribution < 1.29 is 26.3 Å². The van der Waals surface area contributed by atoms with Gasteiger partial charge in [-0.3, -0.25) is 0 Å². The molecule has 204 valence electrons. The molecule has 0 aliphatic carbocycles. The van der Waals surface area contributed by atoms with Crippen LogP contribution in [-0.2, 0) is 12.4 Å². The Balaban J connectivity index is 2.01. The highest BCUT2D eigenvalue weighted by Crippen LogP contribution is 2.31. The standard InChI is InChI=1S/C24H29F6N5S2/c1-3-34(4-2)13-14-35(22(37)33-20-10-6-8-18(16-20)24(28,29)30)12-11-31-21(36)32-19-9-5-7-17(15-19)23(25,26)27/h5-10,15-16H,3-4,11-14H2,1-2H3,(H,33,37)(H2,31,32,36). The van der Waals surface area contributed by atoms with Crippen LogP contribution in [0.1, 0.15) is 25.0 Å². The molecule has 5 nitrogen and oxygen atoms in total. The maximum absolute atomic E-state index is 13.1. The van der Waals surface area contributed by atoms with Gasteiger partial charge in [0.05, 0.1) is 11.1 Å². The minimum Gasteiger partial charge on any atom is -0.361 e. The van der Waals surface area contributed by atoms with Crippen LogP contribution in [0.15, 0.2) is 48.5 Å². The number of benzene rings is 2. The number of nitrogens with zero attached hydrogens (tertiary/aromatic N) is 2. The van der Waals surface area contributed by atoms with E-state index in [-0.39, 0.29) is 28.1 Å². The van der Waals surface area contributed by atoms with Crippen molar-refractivity contribution in [2.75, 3.05) is 49.9 Å². The fourth-order valence-electron chi connectivity index (χ4n) is 3.35. The summed E-state index contributed by atoms with van der Waals surface area (Å²) >= 11 is 10.7. The van der Waals surface area contributed by atoms with E-state index in [1.807, 2.05) is 13.8 Å². The van der Waals surface area contributed by atoms with Gasteiger partial charge in [0.25, 0.3) is 0 Å². The number of anilines is 2. The highest BCUT2D eigenvalue weighted by atomic mass is 32.1. The molecule has 2 aromatic carbocycles. The first-order valence-electron chi connectivity index (χ1n) is 11.5. The van der Waals surface area contributed by atoms with Crippen molar-refractivity contribution in [1.82, 2.24) is 15.1 Å². The van der Waals surface area contributed by atoms with Gasteiger partial charge in [0.2, 0.25) is 0 Å². The van der Waals surface area contributed by atoms with Crippen LogP contribution in [-0.4, -0.2) is 59.3 Å². The molecule has 3 N–H and O–H groups in total. The quantitative estimate of drug-likeness (QED) is 0.239. The van der Waals surface area contributed by atoms with Gasteiger partial charge in [-0.05, 0) is 73.9 Å². The van der Waals surface area contributed by atoms with Crippen molar-refractivity contribution >= 4 is 46.0 Å². The SMILES string of the molecule is CCN(CC)CCN(CCNC(=S)Nc1cccc(C(F)(F)F)c1)C(=S)Nc1cccc(C(F)(F)F)c1. The number of thiocarbonyl (C=S) groups is 2. The van der Waals surface area contributed by atoms with Crippen molar-refractivity contribution in [3.8, 4) is 0 Å². The molecule has 0 bridgehead atoms. The third kappa shape index (κ3) is 10.3. The number of halogens is 6. The largest absolute Gasteiger partial charge is 0.416 e. The van der Waals surface area contributed by atoms with Crippen LogP contribution in [0.2, 0.25) is 0 Å². The number of nitrogens with one attached hydrogen (secondary N) is 3. The highest BCUT2D eigenvalue weighted by molar-refractivity contribution is 7.80. The van der Waals surface area contributed by atoms with Gasteiger partial charge in [-0.2, -0.15) is 26.3 Å². The van der Waals surface area contributed by atoms with Crippen LogP contribution in [0.4, 0.5) is 37.7 Å². The second-order valence-corrected chi connectivity index (χ2v) is 8.78. The molecular weight excluding hydrogens is 536 g/mol. The van der Waals surface area contributed by atoms with Crippen LogP contribution < -0.4 is 16.0 Å². The average Bonchev–Trinajstić information content (AvgIpc) is 2.82. The highest BCUT2D eigenvalue weighted by Gasteiger charge is 2.31. The second kappa shape index (κ2) is 13.8. The molecule has 0 fully saturated rings. The molecule has 0 heterocycles. The summed E-state index contributed by atoms with van der Waals surface area (Å²) in [7, 11) is 0. The third-order valence-corrected chi connectivity index (χ3v) is 6.03. The molecule has 2 rings (SSSR count). The van der Waals surface area contributed by atoms with E-state index < -0.39 is 23.5 Å². The lowest BCUT2D eigenvalue weighted by Crippen LogP contribution is -2.45. The topological polar surface area (TPSA) is 42.6 Å². The monoisotopic (exact) mass is 565 g/mol. The van der Waals surface area contributed by atoms with E-state index in [0.717, 1.165) is 37.4 Å². The first kappa shape index (κ1) is 30.6. The molecule has 0 atom stereocenters. The summed E-state index contributed by atoms with van der Waals surface area (Å²) in [5, 5.41) is 8.89. The lowest BCUT2D eigenvalue weighted by molar-refractivity contribution is -0.138. The molecule has 0 unspecified atom stereocenters. The molecule has 0 aromatic heterocycles. The zero-order chi connectivity index (χ0) is 27.6. The predicted molar refractivity (Wildman–Crippen MR) is 143 cm³/mol. The zero-order valence-corrected chi connectivity index (χ0v) is 22.0. The Morgan fingerprint density at radius 3 is 1.76 bits per heavy atom. The first-order chi connectivity index (χ1) is 17.3. The molecule has 0 saturated heterocycles. The van der Waals surface area contributed by atoms with Gasteiger partial charge in [0.1, 0.15) is 0 Å². The summed E-state index contributed by atoms with van der Waals surface area (Å²) in [5.74, 6) is 0. The maximum Gasteiger partial charge on any atom is 0.416 e. The van der Waals surface area contributed by atoms with Crippen molar-refractivity contribution in [2.45, 2.75) is 26.2 Å². The summed E-state index contributed by atoms with van der Waals surface area (Å²) < 4.78 is 78.0. The van der Waals surface area contributed by atoms with Crippen LogP contribution in [0.5, 0.6) is 0 Å². The van der Waals surface area contributed by atoms with Gasteiger partial charge < -0.3 is 25.8 Å². The van der Waals surface area contributed by atoms with E-state index in [1.165, 1.54) is 24.3 Å². The Morgan fingerprint density at radius 2 is 1.27 bits per heavy atom. The fourth-order valence-corrected chi connectivity index (χ4v) is 3.87. The summed E-state index contributed by atoms with van der Waals surface area (Å²) in [6, 6.07) is 9.43.